The van der Waals surface area contributed by atoms with Crippen LogP contribution in [0.4, 0.5) is 5.69 Å². The normalized spacial score (nSPS) is 27.5. The summed E-state index contributed by atoms with van der Waals surface area (Å²) >= 11 is 6.44. The first-order valence-corrected chi connectivity index (χ1v) is 9.80. The van der Waals surface area contributed by atoms with E-state index in [4.69, 9.17) is 11.6 Å². The van der Waals surface area contributed by atoms with Gasteiger partial charge in [0.2, 0.25) is 11.8 Å². The summed E-state index contributed by atoms with van der Waals surface area (Å²) in [6, 6.07) is 16.5. The quantitative estimate of drug-likeness (QED) is 0.806. The molecule has 2 amide bonds. The van der Waals surface area contributed by atoms with E-state index in [9.17, 15) is 9.59 Å². The number of carbonyl (C=O) groups excluding carboxylic acids is 2. The number of nitrogens with one attached hydrogen (secondary N) is 1. The molecule has 1 N–H and O–H groups in total. The number of amides is 2. The number of rotatable bonds is 4. The molecule has 2 heterocycles. The Labute approximate surface area is 164 Å². The van der Waals surface area contributed by atoms with Crippen molar-refractivity contribution in [1.82, 2.24) is 5.32 Å². The highest BCUT2D eigenvalue weighted by Gasteiger charge is 2.59. The summed E-state index contributed by atoms with van der Waals surface area (Å²) in [6.07, 6.45) is 0.837. The number of imide groups is 1. The van der Waals surface area contributed by atoms with E-state index in [-0.39, 0.29) is 29.8 Å². The Kier molecular flexibility index (Phi) is 4.79. The molecule has 0 saturated carbocycles. The summed E-state index contributed by atoms with van der Waals surface area (Å²) in [6.45, 7) is 4.27. The summed E-state index contributed by atoms with van der Waals surface area (Å²) in [7, 11) is 0. The van der Waals surface area contributed by atoms with Crippen molar-refractivity contribution in [3.05, 3.63) is 65.2 Å². The fourth-order valence-electron chi connectivity index (χ4n) is 4.49. The average molecular weight is 383 g/mol. The predicted octanol–water partition coefficient (Wildman–Crippen LogP) is 4.20. The number of hydrogen-bond acceptors (Lipinski definition) is 3. The lowest BCUT2D eigenvalue weighted by molar-refractivity contribution is -0.123. The molecule has 5 heteroatoms. The Bertz CT molecular complexity index is 868. The molecule has 2 fully saturated rings. The first kappa shape index (κ1) is 18.2. The van der Waals surface area contributed by atoms with Crippen LogP contribution in [-0.4, -0.2) is 17.9 Å². The molecule has 0 bridgehead atoms. The van der Waals surface area contributed by atoms with Gasteiger partial charge >= 0.3 is 0 Å². The van der Waals surface area contributed by atoms with Gasteiger partial charge in [-0.25, -0.2) is 4.90 Å². The number of fused-ring (bicyclic) bond motifs is 1. The number of para-hydroxylation sites is 1. The fraction of sp³-hybridized carbons (Fsp3) is 0.364. The van der Waals surface area contributed by atoms with Crippen LogP contribution in [0.25, 0.3) is 0 Å². The maximum absolute atomic E-state index is 13.3. The summed E-state index contributed by atoms with van der Waals surface area (Å²) in [4.78, 5) is 28.0. The Hall–Kier alpha value is -2.17. The zero-order valence-electron chi connectivity index (χ0n) is 15.4. The van der Waals surface area contributed by atoms with E-state index in [1.807, 2.05) is 54.6 Å². The second-order valence-electron chi connectivity index (χ2n) is 7.80. The van der Waals surface area contributed by atoms with Crippen LogP contribution in [0.15, 0.2) is 54.6 Å². The zero-order valence-corrected chi connectivity index (χ0v) is 16.2. The molecule has 140 valence electrons. The summed E-state index contributed by atoms with van der Waals surface area (Å²) in [5, 5.41) is 4.18. The van der Waals surface area contributed by atoms with Crippen LogP contribution in [0, 0.1) is 17.8 Å². The van der Waals surface area contributed by atoms with Gasteiger partial charge in [0.05, 0.1) is 17.5 Å². The number of hydrogen-bond donors (Lipinski definition) is 1. The maximum Gasteiger partial charge on any atom is 0.239 e. The van der Waals surface area contributed by atoms with Crippen LogP contribution in [0.1, 0.15) is 31.9 Å². The van der Waals surface area contributed by atoms with E-state index in [1.54, 1.807) is 0 Å². The lowest BCUT2D eigenvalue weighted by atomic mass is 9.84. The highest BCUT2D eigenvalue weighted by atomic mass is 35.5. The topological polar surface area (TPSA) is 49.4 Å². The van der Waals surface area contributed by atoms with E-state index in [0.29, 0.717) is 16.6 Å². The third-order valence-corrected chi connectivity index (χ3v) is 5.91. The van der Waals surface area contributed by atoms with Gasteiger partial charge in [-0.05, 0) is 36.1 Å². The van der Waals surface area contributed by atoms with Gasteiger partial charge in [0.1, 0.15) is 0 Å². The average Bonchev–Trinajstić information content (AvgIpc) is 3.13. The molecule has 0 aromatic heterocycles. The lowest BCUT2D eigenvalue weighted by Crippen LogP contribution is -2.40. The second kappa shape index (κ2) is 7.10. The van der Waals surface area contributed by atoms with Gasteiger partial charge in [-0.3, -0.25) is 9.59 Å². The number of anilines is 1. The standard InChI is InChI=1S/C22H23ClN2O2/c1-13(2)12-17-18-19(20(24-17)15-10-6-7-11-16(15)23)22(27)25(21(18)26)14-8-4-3-5-9-14/h3-11,13,17-20,24H,12H2,1-2H3/t17-,18+,19-,20-/m0/s1. The zero-order chi connectivity index (χ0) is 19.1. The third-order valence-electron chi connectivity index (χ3n) is 5.56. The largest absolute Gasteiger partial charge is 0.306 e. The van der Waals surface area contributed by atoms with Crippen molar-refractivity contribution in [3.8, 4) is 0 Å². The minimum Gasteiger partial charge on any atom is -0.306 e. The first-order chi connectivity index (χ1) is 13.0. The van der Waals surface area contributed by atoms with E-state index >= 15 is 0 Å². The van der Waals surface area contributed by atoms with E-state index in [0.717, 1.165) is 12.0 Å². The maximum atomic E-state index is 13.3. The van der Waals surface area contributed by atoms with Gasteiger partial charge < -0.3 is 5.32 Å². The molecule has 2 aliphatic heterocycles. The molecule has 4 nitrogen and oxygen atoms in total. The van der Waals surface area contributed by atoms with Gasteiger partial charge in [-0.2, -0.15) is 0 Å². The summed E-state index contributed by atoms with van der Waals surface area (Å²) < 4.78 is 0. The van der Waals surface area contributed by atoms with Crippen molar-refractivity contribution in [1.29, 1.82) is 0 Å². The molecule has 0 radical (unpaired) electrons. The van der Waals surface area contributed by atoms with E-state index in [1.165, 1.54) is 4.90 Å². The smallest absolute Gasteiger partial charge is 0.239 e. The molecule has 0 unspecified atom stereocenters. The molecule has 27 heavy (non-hydrogen) atoms. The van der Waals surface area contributed by atoms with Crippen molar-refractivity contribution >= 4 is 29.1 Å². The summed E-state index contributed by atoms with van der Waals surface area (Å²) in [5.74, 6) is -0.617. The van der Waals surface area contributed by atoms with Crippen molar-refractivity contribution < 1.29 is 9.59 Å². The molecule has 2 aromatic rings. The van der Waals surface area contributed by atoms with Crippen LogP contribution in [0.5, 0.6) is 0 Å². The van der Waals surface area contributed by atoms with Crippen molar-refractivity contribution in [2.24, 2.45) is 17.8 Å². The molecule has 4 atom stereocenters. The van der Waals surface area contributed by atoms with Crippen molar-refractivity contribution in [2.75, 3.05) is 4.90 Å². The highest BCUT2D eigenvalue weighted by molar-refractivity contribution is 6.31. The third kappa shape index (κ3) is 3.07. The fourth-order valence-corrected chi connectivity index (χ4v) is 4.74. The van der Waals surface area contributed by atoms with Gasteiger partial charge in [0.25, 0.3) is 0 Å². The molecule has 4 rings (SSSR count). The highest BCUT2D eigenvalue weighted by Crippen LogP contribution is 2.47. The first-order valence-electron chi connectivity index (χ1n) is 9.42. The molecular formula is C22H23ClN2O2. The molecule has 2 aliphatic rings. The lowest BCUT2D eigenvalue weighted by Gasteiger charge is -2.24. The van der Waals surface area contributed by atoms with Gasteiger partial charge in [0, 0.05) is 17.1 Å². The Morgan fingerprint density at radius 1 is 0.963 bits per heavy atom. The van der Waals surface area contributed by atoms with Crippen LogP contribution in [-0.2, 0) is 9.59 Å². The van der Waals surface area contributed by atoms with E-state index in [2.05, 4.69) is 19.2 Å². The summed E-state index contributed by atoms with van der Waals surface area (Å²) in [5.41, 5.74) is 1.53. The minimum absolute atomic E-state index is 0.0403. The van der Waals surface area contributed by atoms with Gasteiger partial charge in [-0.15, -0.1) is 0 Å². The Morgan fingerprint density at radius 2 is 1.59 bits per heavy atom. The van der Waals surface area contributed by atoms with Crippen LogP contribution < -0.4 is 10.2 Å². The monoisotopic (exact) mass is 382 g/mol. The number of nitrogens with zero attached hydrogens (tertiary/aromatic N) is 1. The number of benzene rings is 2. The second-order valence-corrected chi connectivity index (χ2v) is 8.21. The number of halogens is 1. The molecule has 0 spiro atoms. The van der Waals surface area contributed by atoms with Gasteiger partial charge in [-0.1, -0.05) is 61.8 Å². The van der Waals surface area contributed by atoms with Crippen LogP contribution in [0.3, 0.4) is 0 Å². The minimum atomic E-state index is -0.429. The van der Waals surface area contributed by atoms with Crippen molar-refractivity contribution in [2.45, 2.75) is 32.4 Å². The Morgan fingerprint density at radius 3 is 2.26 bits per heavy atom. The Balaban J connectivity index is 1.76. The molecule has 0 aliphatic carbocycles. The van der Waals surface area contributed by atoms with Crippen LogP contribution in [0.2, 0.25) is 5.02 Å². The number of carbonyl (C=O) groups is 2. The predicted molar refractivity (Wildman–Crippen MR) is 106 cm³/mol. The van der Waals surface area contributed by atoms with Crippen molar-refractivity contribution in [3.63, 3.8) is 0 Å². The van der Waals surface area contributed by atoms with E-state index < -0.39 is 5.92 Å². The van der Waals surface area contributed by atoms with Gasteiger partial charge in [0.15, 0.2) is 0 Å². The van der Waals surface area contributed by atoms with Crippen LogP contribution >= 0.6 is 11.6 Å². The molecular weight excluding hydrogens is 360 g/mol. The molecule has 2 aromatic carbocycles. The molecule has 2 saturated heterocycles. The SMILES string of the molecule is CC(C)C[C@@H]1N[C@@H](c2ccccc2Cl)[C@H]2C(=O)N(c3ccccc3)C(=O)[C@@H]21.